The van der Waals surface area contributed by atoms with Crippen molar-refractivity contribution in [2.45, 2.75) is 19.3 Å². The highest BCUT2D eigenvalue weighted by Gasteiger charge is 2.33. The van der Waals surface area contributed by atoms with Crippen molar-refractivity contribution in [1.82, 2.24) is 0 Å². The summed E-state index contributed by atoms with van der Waals surface area (Å²) < 4.78 is 18.5. The van der Waals surface area contributed by atoms with Crippen molar-refractivity contribution >= 4 is 23.4 Å². The molecule has 0 radical (unpaired) electrons. The van der Waals surface area contributed by atoms with Crippen LogP contribution in [-0.4, -0.2) is 16.9 Å². The molecule has 4 nitrogen and oxygen atoms in total. The molecule has 0 fully saturated rings. The Bertz CT molecular complexity index is 832. The van der Waals surface area contributed by atoms with Crippen molar-refractivity contribution in [2.75, 3.05) is 0 Å². The highest BCUT2D eigenvalue weighted by atomic mass is 35.5. The van der Waals surface area contributed by atoms with Gasteiger partial charge in [-0.05, 0) is 36.8 Å². The summed E-state index contributed by atoms with van der Waals surface area (Å²) in [6, 6.07) is 6.98. The van der Waals surface area contributed by atoms with E-state index in [1.54, 1.807) is 0 Å². The molecule has 1 aliphatic rings. The van der Waals surface area contributed by atoms with Gasteiger partial charge >= 0.3 is 5.97 Å². The third-order valence-corrected chi connectivity index (χ3v) is 4.14. The van der Waals surface area contributed by atoms with Gasteiger partial charge in [-0.2, -0.15) is 0 Å². The number of phenols is 1. The van der Waals surface area contributed by atoms with Crippen LogP contribution in [0.15, 0.2) is 30.3 Å². The minimum Gasteiger partial charge on any atom is -0.507 e. The number of ketones is 1. The van der Waals surface area contributed by atoms with Crippen LogP contribution in [0.5, 0.6) is 11.5 Å². The number of benzene rings is 2. The summed E-state index contributed by atoms with van der Waals surface area (Å²) in [5, 5.41) is 10.3. The van der Waals surface area contributed by atoms with Crippen LogP contribution < -0.4 is 4.74 Å². The normalized spacial score (nSPS) is 16.7. The Morgan fingerprint density at radius 2 is 2.09 bits per heavy atom. The SMILES string of the molecule is CC(=O)c1ccc2c(c1O)[C@@H](c1ccc(F)c(Cl)c1)CC(=O)O2. The number of halogens is 2. The van der Waals surface area contributed by atoms with E-state index < -0.39 is 17.7 Å². The largest absolute Gasteiger partial charge is 0.507 e. The summed E-state index contributed by atoms with van der Waals surface area (Å²) in [6.45, 7) is 1.33. The zero-order valence-corrected chi connectivity index (χ0v) is 12.9. The maximum absolute atomic E-state index is 13.4. The molecule has 0 aromatic heterocycles. The predicted molar refractivity (Wildman–Crippen MR) is 81.6 cm³/mol. The summed E-state index contributed by atoms with van der Waals surface area (Å²) in [5.74, 6) is -1.96. The molecule has 3 rings (SSSR count). The summed E-state index contributed by atoms with van der Waals surface area (Å²) in [7, 11) is 0. The van der Waals surface area contributed by atoms with E-state index in [1.165, 1.54) is 37.3 Å². The van der Waals surface area contributed by atoms with Crippen LogP contribution in [0.2, 0.25) is 5.02 Å². The highest BCUT2D eigenvalue weighted by Crippen LogP contribution is 2.45. The number of hydrogen-bond donors (Lipinski definition) is 1. The summed E-state index contributed by atoms with van der Waals surface area (Å²) in [5.41, 5.74) is 1.03. The van der Waals surface area contributed by atoms with Gasteiger partial charge in [-0.3, -0.25) is 9.59 Å². The second kappa shape index (κ2) is 5.66. The molecule has 1 heterocycles. The van der Waals surface area contributed by atoms with Gasteiger partial charge in [-0.25, -0.2) is 4.39 Å². The Morgan fingerprint density at radius 3 is 2.74 bits per heavy atom. The molecule has 2 aromatic rings. The zero-order chi connectivity index (χ0) is 16.7. The molecule has 0 amide bonds. The third-order valence-electron chi connectivity index (χ3n) is 3.85. The molecule has 0 bridgehead atoms. The smallest absolute Gasteiger partial charge is 0.312 e. The number of Topliss-reactive ketones (excluding diaryl/α,β-unsaturated/α-hetero) is 1. The van der Waals surface area contributed by atoms with E-state index in [2.05, 4.69) is 0 Å². The zero-order valence-electron chi connectivity index (χ0n) is 12.1. The van der Waals surface area contributed by atoms with Crippen LogP contribution in [-0.2, 0) is 4.79 Å². The fourth-order valence-electron chi connectivity index (χ4n) is 2.75. The molecular weight excluding hydrogens is 323 g/mol. The van der Waals surface area contributed by atoms with Crippen LogP contribution in [0.3, 0.4) is 0 Å². The van der Waals surface area contributed by atoms with Gasteiger partial charge in [0.25, 0.3) is 0 Å². The Kier molecular flexibility index (Phi) is 3.82. The summed E-state index contributed by atoms with van der Waals surface area (Å²) >= 11 is 5.81. The predicted octanol–water partition coefficient (Wildman–Crippen LogP) is 3.83. The molecule has 1 aliphatic heterocycles. The standard InChI is InChI=1S/C17H12ClFO4/c1-8(20)10-3-5-14-16(17(10)22)11(7-15(21)23-14)9-2-4-13(19)12(18)6-9/h2-6,11,22H,7H2,1H3/t11-/m1/s1. The van der Waals surface area contributed by atoms with Gasteiger partial charge in [-0.15, -0.1) is 0 Å². The van der Waals surface area contributed by atoms with Crippen molar-refractivity contribution < 1.29 is 23.8 Å². The maximum Gasteiger partial charge on any atom is 0.312 e. The highest BCUT2D eigenvalue weighted by molar-refractivity contribution is 6.30. The van der Waals surface area contributed by atoms with Crippen molar-refractivity contribution in [3.05, 3.63) is 57.9 Å². The summed E-state index contributed by atoms with van der Waals surface area (Å²) in [4.78, 5) is 23.4. The van der Waals surface area contributed by atoms with Crippen molar-refractivity contribution in [3.63, 3.8) is 0 Å². The summed E-state index contributed by atoms with van der Waals surface area (Å²) in [6.07, 6.45) is -0.0378. The Labute approximate surface area is 136 Å². The van der Waals surface area contributed by atoms with E-state index in [9.17, 15) is 19.1 Å². The van der Waals surface area contributed by atoms with E-state index in [1.807, 2.05) is 0 Å². The fraction of sp³-hybridized carbons (Fsp3) is 0.176. The minimum atomic E-state index is -0.573. The van der Waals surface area contributed by atoms with Crippen LogP contribution in [0.1, 0.15) is 40.7 Å². The van der Waals surface area contributed by atoms with Gasteiger partial charge in [0.2, 0.25) is 0 Å². The number of aromatic hydroxyl groups is 1. The monoisotopic (exact) mass is 334 g/mol. The van der Waals surface area contributed by atoms with E-state index in [0.29, 0.717) is 11.1 Å². The lowest BCUT2D eigenvalue weighted by Crippen LogP contribution is -2.21. The lowest BCUT2D eigenvalue weighted by Gasteiger charge is -2.26. The molecule has 118 valence electrons. The van der Waals surface area contributed by atoms with E-state index in [-0.39, 0.29) is 34.3 Å². The Balaban J connectivity index is 2.20. The number of phenolic OH excluding ortho intramolecular Hbond substituents is 1. The van der Waals surface area contributed by atoms with E-state index >= 15 is 0 Å². The number of ether oxygens (including phenoxy) is 1. The first-order valence-electron chi connectivity index (χ1n) is 6.91. The van der Waals surface area contributed by atoms with Crippen molar-refractivity contribution in [2.24, 2.45) is 0 Å². The van der Waals surface area contributed by atoms with Crippen LogP contribution in [0, 0.1) is 5.82 Å². The Hall–Kier alpha value is -2.40. The van der Waals surface area contributed by atoms with Gasteiger partial charge in [0.1, 0.15) is 17.3 Å². The molecule has 0 saturated carbocycles. The van der Waals surface area contributed by atoms with Crippen molar-refractivity contribution in [3.8, 4) is 11.5 Å². The van der Waals surface area contributed by atoms with Crippen LogP contribution >= 0.6 is 11.6 Å². The maximum atomic E-state index is 13.4. The van der Waals surface area contributed by atoms with E-state index in [0.717, 1.165) is 0 Å². The molecule has 0 unspecified atom stereocenters. The number of carbonyl (C=O) groups is 2. The van der Waals surface area contributed by atoms with Gasteiger partial charge in [0.15, 0.2) is 5.78 Å². The van der Waals surface area contributed by atoms with Crippen LogP contribution in [0.4, 0.5) is 4.39 Å². The van der Waals surface area contributed by atoms with Gasteiger partial charge in [0, 0.05) is 11.5 Å². The lowest BCUT2D eigenvalue weighted by molar-refractivity contribution is -0.135. The molecule has 1 N–H and O–H groups in total. The molecule has 23 heavy (non-hydrogen) atoms. The second-order valence-corrected chi connectivity index (χ2v) is 5.74. The molecule has 2 aromatic carbocycles. The number of hydrogen-bond acceptors (Lipinski definition) is 4. The van der Waals surface area contributed by atoms with Gasteiger partial charge < -0.3 is 9.84 Å². The van der Waals surface area contributed by atoms with Crippen LogP contribution in [0.25, 0.3) is 0 Å². The lowest BCUT2D eigenvalue weighted by atomic mass is 9.84. The molecular formula is C17H12ClFO4. The first-order chi connectivity index (χ1) is 10.9. The minimum absolute atomic E-state index is 0.0378. The number of rotatable bonds is 2. The molecule has 6 heteroatoms. The Morgan fingerprint density at radius 1 is 1.35 bits per heavy atom. The van der Waals surface area contributed by atoms with E-state index in [4.69, 9.17) is 16.3 Å². The molecule has 0 spiro atoms. The average molecular weight is 335 g/mol. The quantitative estimate of drug-likeness (QED) is 0.515. The number of fused-ring (bicyclic) bond motifs is 1. The van der Waals surface area contributed by atoms with Crippen molar-refractivity contribution in [1.29, 1.82) is 0 Å². The van der Waals surface area contributed by atoms with Gasteiger partial charge in [0.05, 0.1) is 17.0 Å². The van der Waals surface area contributed by atoms with Gasteiger partial charge in [-0.1, -0.05) is 17.7 Å². The topological polar surface area (TPSA) is 63.6 Å². The number of carbonyl (C=O) groups excluding carboxylic acids is 2. The number of esters is 1. The average Bonchev–Trinajstić information content (AvgIpc) is 2.49. The molecule has 0 aliphatic carbocycles. The first kappa shape index (κ1) is 15.5. The molecule has 1 atom stereocenters. The molecule has 0 saturated heterocycles. The fourth-order valence-corrected chi connectivity index (χ4v) is 2.94. The first-order valence-corrected chi connectivity index (χ1v) is 7.28. The second-order valence-electron chi connectivity index (χ2n) is 5.33. The third kappa shape index (κ3) is 2.68.